The Bertz CT molecular complexity index is 740. The number of alkyl carbamates (subject to hydrolysis) is 1. The number of nitro groups is 1. The number of rotatable bonds is 8. The highest BCUT2D eigenvalue weighted by atomic mass is 16.6. The molecule has 0 fully saturated rings. The average molecular weight is 408 g/mol. The van der Waals surface area contributed by atoms with Crippen LogP contribution in [0.15, 0.2) is 24.3 Å². The maximum atomic E-state index is 12.6. The third-order valence-electron chi connectivity index (χ3n) is 3.50. The molecule has 0 aliphatic rings. The Labute approximate surface area is 169 Å². The fourth-order valence-corrected chi connectivity index (χ4v) is 2.31. The molecule has 0 aliphatic carbocycles. The van der Waals surface area contributed by atoms with Gasteiger partial charge in [0.25, 0.3) is 5.69 Å². The largest absolute Gasteiger partial charge is 0.444 e. The number of ether oxygens (including phenoxy) is 1. The lowest BCUT2D eigenvalue weighted by Crippen LogP contribution is -2.48. The summed E-state index contributed by atoms with van der Waals surface area (Å²) in [5, 5.41) is 18.3. The number of non-ortho nitro benzene ring substituents is 1. The Morgan fingerprint density at radius 1 is 1.14 bits per heavy atom. The summed E-state index contributed by atoms with van der Waals surface area (Å²) in [4.78, 5) is 46.5. The van der Waals surface area contributed by atoms with Crippen LogP contribution in [0, 0.1) is 16.0 Å². The monoisotopic (exact) mass is 408 g/mol. The van der Waals surface area contributed by atoms with Gasteiger partial charge in [0.15, 0.2) is 0 Å². The molecule has 29 heavy (non-hydrogen) atoms. The highest BCUT2D eigenvalue weighted by Crippen LogP contribution is 2.16. The highest BCUT2D eigenvalue weighted by Gasteiger charge is 2.23. The zero-order valence-electron chi connectivity index (χ0n) is 17.3. The first kappa shape index (κ1) is 23.9. The molecule has 0 saturated heterocycles. The maximum Gasteiger partial charge on any atom is 0.408 e. The van der Waals surface area contributed by atoms with E-state index in [9.17, 15) is 24.5 Å². The molecule has 1 atom stereocenters. The summed E-state index contributed by atoms with van der Waals surface area (Å²) in [7, 11) is 0. The van der Waals surface area contributed by atoms with Gasteiger partial charge in [0.05, 0.1) is 4.92 Å². The minimum absolute atomic E-state index is 0.0942. The quantitative estimate of drug-likeness (QED) is 0.446. The van der Waals surface area contributed by atoms with Gasteiger partial charge in [-0.15, -0.1) is 0 Å². The van der Waals surface area contributed by atoms with Crippen LogP contribution in [0.1, 0.15) is 41.0 Å². The van der Waals surface area contributed by atoms with Crippen LogP contribution in [-0.4, -0.2) is 41.0 Å². The first-order valence-electron chi connectivity index (χ1n) is 9.19. The van der Waals surface area contributed by atoms with Crippen LogP contribution in [0.4, 0.5) is 16.2 Å². The lowest BCUT2D eigenvalue weighted by molar-refractivity contribution is -0.384. The van der Waals surface area contributed by atoms with Crippen molar-refractivity contribution >= 4 is 29.3 Å². The standard InChI is InChI=1S/C19H28N4O6/c1-12(2)10-15(22-16(24)11-20-18(26)29-19(3,4)5)17(25)21-13-6-8-14(9-7-13)23(27)28/h6-9,12,15H,10-11H2,1-5H3,(H,20,26)(H,21,25)(H,22,24). The van der Waals surface area contributed by atoms with Crippen molar-refractivity contribution in [2.45, 2.75) is 52.7 Å². The molecule has 1 rings (SSSR count). The Hall–Kier alpha value is -3.17. The van der Waals surface area contributed by atoms with Crippen LogP contribution in [0.3, 0.4) is 0 Å². The molecule has 3 N–H and O–H groups in total. The molecular formula is C19H28N4O6. The van der Waals surface area contributed by atoms with E-state index in [0.29, 0.717) is 12.1 Å². The van der Waals surface area contributed by atoms with Crippen LogP contribution >= 0.6 is 0 Å². The number of hydrogen-bond donors (Lipinski definition) is 3. The van der Waals surface area contributed by atoms with Gasteiger partial charge < -0.3 is 20.7 Å². The number of anilines is 1. The summed E-state index contributed by atoms with van der Waals surface area (Å²) in [6.45, 7) is 8.57. The van der Waals surface area contributed by atoms with Gasteiger partial charge in [-0.25, -0.2) is 4.79 Å². The average Bonchev–Trinajstić information content (AvgIpc) is 2.58. The Morgan fingerprint density at radius 3 is 2.21 bits per heavy atom. The predicted octanol–water partition coefficient (Wildman–Crippen LogP) is 2.59. The smallest absolute Gasteiger partial charge is 0.408 e. The number of amides is 3. The zero-order valence-corrected chi connectivity index (χ0v) is 17.3. The molecule has 0 saturated carbocycles. The van der Waals surface area contributed by atoms with Gasteiger partial charge in [0.2, 0.25) is 11.8 Å². The lowest BCUT2D eigenvalue weighted by atomic mass is 10.0. The summed E-state index contributed by atoms with van der Waals surface area (Å²) in [6, 6.07) is 4.54. The van der Waals surface area contributed by atoms with E-state index in [2.05, 4.69) is 16.0 Å². The Morgan fingerprint density at radius 2 is 1.72 bits per heavy atom. The number of benzene rings is 1. The molecular weight excluding hydrogens is 380 g/mol. The van der Waals surface area contributed by atoms with Crippen molar-refractivity contribution in [3.63, 3.8) is 0 Å². The summed E-state index contributed by atoms with van der Waals surface area (Å²) in [6.07, 6.45) is -0.361. The van der Waals surface area contributed by atoms with Crippen molar-refractivity contribution in [3.8, 4) is 0 Å². The van der Waals surface area contributed by atoms with E-state index in [4.69, 9.17) is 4.74 Å². The van der Waals surface area contributed by atoms with Gasteiger partial charge in [-0.3, -0.25) is 19.7 Å². The molecule has 3 amide bonds. The van der Waals surface area contributed by atoms with E-state index >= 15 is 0 Å². The molecule has 0 bridgehead atoms. The van der Waals surface area contributed by atoms with Gasteiger partial charge in [-0.2, -0.15) is 0 Å². The number of nitrogens with one attached hydrogen (secondary N) is 3. The number of carbonyl (C=O) groups is 3. The second kappa shape index (κ2) is 10.4. The molecule has 0 spiro atoms. The number of carbonyl (C=O) groups excluding carboxylic acids is 3. The normalized spacial score (nSPS) is 12.1. The summed E-state index contributed by atoms with van der Waals surface area (Å²) >= 11 is 0. The molecule has 0 aromatic heterocycles. The molecule has 10 nitrogen and oxygen atoms in total. The summed E-state index contributed by atoms with van der Waals surface area (Å²) in [5.74, 6) is -0.889. The van der Waals surface area contributed by atoms with Crippen molar-refractivity contribution in [3.05, 3.63) is 34.4 Å². The molecule has 1 unspecified atom stereocenters. The van der Waals surface area contributed by atoms with Gasteiger partial charge in [0, 0.05) is 17.8 Å². The second-order valence-corrected chi connectivity index (χ2v) is 7.90. The third-order valence-corrected chi connectivity index (χ3v) is 3.50. The van der Waals surface area contributed by atoms with Crippen molar-refractivity contribution in [1.82, 2.24) is 10.6 Å². The lowest BCUT2D eigenvalue weighted by Gasteiger charge is -2.21. The molecule has 160 valence electrons. The van der Waals surface area contributed by atoms with E-state index in [-0.39, 0.29) is 18.2 Å². The first-order valence-corrected chi connectivity index (χ1v) is 9.19. The molecule has 1 aromatic rings. The van der Waals surface area contributed by atoms with Gasteiger partial charge in [-0.1, -0.05) is 13.8 Å². The first-order chi connectivity index (χ1) is 13.4. The van der Waals surface area contributed by atoms with Gasteiger partial charge in [-0.05, 0) is 45.2 Å². The molecule has 10 heteroatoms. The van der Waals surface area contributed by atoms with Crippen molar-refractivity contribution in [2.75, 3.05) is 11.9 Å². The summed E-state index contributed by atoms with van der Waals surface area (Å²) < 4.78 is 5.05. The van der Waals surface area contributed by atoms with Crippen LogP contribution < -0.4 is 16.0 Å². The fourth-order valence-electron chi connectivity index (χ4n) is 2.31. The van der Waals surface area contributed by atoms with Crippen LogP contribution in [-0.2, 0) is 14.3 Å². The van der Waals surface area contributed by atoms with Crippen LogP contribution in [0.2, 0.25) is 0 Å². The van der Waals surface area contributed by atoms with E-state index in [1.54, 1.807) is 20.8 Å². The zero-order chi connectivity index (χ0) is 22.2. The molecule has 0 radical (unpaired) electrons. The SMILES string of the molecule is CC(C)CC(NC(=O)CNC(=O)OC(C)(C)C)C(=O)Nc1ccc([N+](=O)[O-])cc1. The molecule has 0 heterocycles. The van der Waals surface area contributed by atoms with Crippen LogP contribution in [0.25, 0.3) is 0 Å². The van der Waals surface area contributed by atoms with Crippen molar-refractivity contribution in [2.24, 2.45) is 5.92 Å². The summed E-state index contributed by atoms with van der Waals surface area (Å²) in [5.41, 5.74) is -0.413. The topological polar surface area (TPSA) is 140 Å². The fraction of sp³-hybridized carbons (Fsp3) is 0.526. The minimum atomic E-state index is -0.835. The van der Waals surface area contributed by atoms with E-state index < -0.39 is 34.5 Å². The van der Waals surface area contributed by atoms with Crippen molar-refractivity contribution in [1.29, 1.82) is 0 Å². The van der Waals surface area contributed by atoms with E-state index in [0.717, 1.165) is 0 Å². The van der Waals surface area contributed by atoms with Crippen molar-refractivity contribution < 1.29 is 24.0 Å². The van der Waals surface area contributed by atoms with Crippen LogP contribution in [0.5, 0.6) is 0 Å². The second-order valence-electron chi connectivity index (χ2n) is 7.90. The Balaban J connectivity index is 2.68. The molecule has 0 aliphatic heterocycles. The van der Waals surface area contributed by atoms with Gasteiger partial charge in [0.1, 0.15) is 18.2 Å². The Kier molecular flexibility index (Phi) is 8.56. The number of hydrogen-bond acceptors (Lipinski definition) is 6. The number of nitrogens with zero attached hydrogens (tertiary/aromatic N) is 1. The van der Waals surface area contributed by atoms with E-state index in [1.165, 1.54) is 24.3 Å². The highest BCUT2D eigenvalue weighted by molar-refractivity contribution is 5.97. The maximum absolute atomic E-state index is 12.6. The predicted molar refractivity (Wildman–Crippen MR) is 107 cm³/mol. The number of nitro benzene ring substituents is 1. The van der Waals surface area contributed by atoms with E-state index in [1.807, 2.05) is 13.8 Å². The third kappa shape index (κ3) is 9.54. The minimum Gasteiger partial charge on any atom is -0.444 e. The molecule has 1 aromatic carbocycles. The van der Waals surface area contributed by atoms with Gasteiger partial charge >= 0.3 is 6.09 Å².